The number of piperazine rings is 1. The van der Waals surface area contributed by atoms with E-state index in [2.05, 4.69) is 42.1 Å². The van der Waals surface area contributed by atoms with E-state index in [1.807, 2.05) is 17.0 Å². The first-order chi connectivity index (χ1) is 50.9. The van der Waals surface area contributed by atoms with Gasteiger partial charge in [0.1, 0.15) is 88.2 Å². The summed E-state index contributed by atoms with van der Waals surface area (Å²) in [5.74, 6) is -15.6. The Bertz CT molecular complexity index is 4970. The third kappa shape index (κ3) is 15.8. The molecule has 7 amide bonds. The number of phenols is 6. The van der Waals surface area contributed by atoms with Crippen LogP contribution in [-0.2, 0) is 57.8 Å². The number of carbonyl (C=O) groups excluding carboxylic acids is 7. The molecule has 1 fully saturated rings. The van der Waals surface area contributed by atoms with Crippen molar-refractivity contribution in [2.45, 2.75) is 94.3 Å². The fourth-order valence-corrected chi connectivity index (χ4v) is 13.8. The number of nitrogens with zero attached hydrogens (tertiary/aromatic N) is 2. The van der Waals surface area contributed by atoms with Crippen molar-refractivity contribution in [1.29, 1.82) is 0 Å². The van der Waals surface area contributed by atoms with E-state index in [1.54, 1.807) is 32.9 Å². The number of aromatic hydroxyl groups is 6. The summed E-state index contributed by atoms with van der Waals surface area (Å²) in [5, 5.41) is 113. The second-order valence-electron chi connectivity index (χ2n) is 27.1. The number of fused-ring (bicyclic) bond motifs is 14. The maximum atomic E-state index is 16.1. The molecule has 107 heavy (non-hydrogen) atoms. The average molecular weight is 1520 g/mol. The molecule has 1 saturated heterocycles. The maximum absolute atomic E-state index is 16.1. The fourth-order valence-electron chi connectivity index (χ4n) is 13.2. The molecule has 15 rings (SSSR count). The van der Waals surface area contributed by atoms with Crippen LogP contribution >= 0.6 is 34.8 Å². The summed E-state index contributed by atoms with van der Waals surface area (Å²) < 4.78 is 24.3. The number of hydrogen-bond acceptors (Lipinski definition) is 21. The number of carbonyl (C=O) groups is 8. The van der Waals surface area contributed by atoms with Gasteiger partial charge in [0.15, 0.2) is 29.0 Å². The van der Waals surface area contributed by atoms with Gasteiger partial charge in [0, 0.05) is 73.5 Å². The van der Waals surface area contributed by atoms with Crippen LogP contribution < -0.4 is 51.4 Å². The van der Waals surface area contributed by atoms with Crippen molar-refractivity contribution in [3.05, 3.63) is 199 Å². The van der Waals surface area contributed by atoms with Crippen molar-refractivity contribution in [3.63, 3.8) is 0 Å². The Morgan fingerprint density at radius 2 is 1.11 bits per heavy atom. The van der Waals surface area contributed by atoms with E-state index in [-0.39, 0.29) is 78.5 Å². The van der Waals surface area contributed by atoms with Crippen molar-refractivity contribution in [2.75, 3.05) is 26.2 Å². The first kappa shape index (κ1) is 73.6. The molecule has 7 aliphatic rings. The molecule has 32 heteroatoms. The number of aliphatic hydroxyl groups excluding tert-OH is 1. The van der Waals surface area contributed by atoms with Crippen molar-refractivity contribution in [2.24, 2.45) is 0 Å². The number of aliphatic carboxylic acids is 1. The van der Waals surface area contributed by atoms with E-state index < -0.39 is 171 Å². The van der Waals surface area contributed by atoms with Gasteiger partial charge < -0.3 is 97.0 Å². The number of rotatable bonds is 6. The van der Waals surface area contributed by atoms with E-state index >= 15 is 24.0 Å². The lowest BCUT2D eigenvalue weighted by molar-refractivity contribution is -0.143. The molecule has 1 unspecified atom stereocenters. The Balaban J connectivity index is 0.967. The highest BCUT2D eigenvalue weighted by molar-refractivity contribution is 6.32. The third-order valence-electron chi connectivity index (χ3n) is 18.5. The number of alkyl carbamates (subject to hydrolysis) is 1. The highest BCUT2D eigenvalue weighted by Crippen LogP contribution is 2.50. The molecule has 0 aliphatic carbocycles. The van der Waals surface area contributed by atoms with Crippen molar-refractivity contribution in [1.82, 2.24) is 47.0 Å². The molecule has 8 aromatic carbocycles. The quantitative estimate of drug-likeness (QED) is 0.0741. The number of benzene rings is 8. The largest absolute Gasteiger partial charge is 0.508 e. The van der Waals surface area contributed by atoms with Gasteiger partial charge in [-0.25, -0.2) is 9.59 Å². The van der Waals surface area contributed by atoms with Gasteiger partial charge in [0.05, 0.1) is 15.6 Å². The minimum absolute atomic E-state index is 0.0121. The molecule has 554 valence electrons. The van der Waals surface area contributed by atoms with Crippen molar-refractivity contribution >= 4 is 82.3 Å². The van der Waals surface area contributed by atoms with Crippen LogP contribution in [0.2, 0.25) is 15.1 Å². The van der Waals surface area contributed by atoms with E-state index in [1.165, 1.54) is 48.5 Å². The molecule has 7 heterocycles. The lowest BCUT2D eigenvalue weighted by atomic mass is 9.88. The number of carboxylic acids is 1. The normalized spacial score (nSPS) is 21.2. The number of nitrogens with one attached hydrogen (secondary N) is 7. The lowest BCUT2D eigenvalue weighted by Gasteiger charge is -2.35. The number of aliphatic hydroxyl groups is 1. The highest BCUT2D eigenvalue weighted by atomic mass is 35.5. The molecular formula is C75H68Cl3N9O20. The van der Waals surface area contributed by atoms with E-state index in [9.17, 15) is 55.2 Å². The van der Waals surface area contributed by atoms with Crippen molar-refractivity contribution < 1.29 is 98.2 Å². The van der Waals surface area contributed by atoms with E-state index in [0.717, 1.165) is 66.2 Å². The third-order valence-corrected chi connectivity index (χ3v) is 19.3. The van der Waals surface area contributed by atoms with Crippen LogP contribution in [0.5, 0.6) is 69.0 Å². The fraction of sp³-hybridized carbons (Fsp3) is 0.253. The van der Waals surface area contributed by atoms with Gasteiger partial charge in [0.25, 0.3) is 0 Å². The van der Waals surface area contributed by atoms with Crippen LogP contribution in [0.25, 0.3) is 11.1 Å². The summed E-state index contributed by atoms with van der Waals surface area (Å²) in [5.41, 5.74) is -2.56. The smallest absolute Gasteiger partial charge is 0.408 e. The second-order valence-corrected chi connectivity index (χ2v) is 28.4. The zero-order valence-electron chi connectivity index (χ0n) is 56.8. The summed E-state index contributed by atoms with van der Waals surface area (Å²) in [6.45, 7) is 7.03. The summed E-state index contributed by atoms with van der Waals surface area (Å²) in [4.78, 5) is 124. The summed E-state index contributed by atoms with van der Waals surface area (Å²) >= 11 is 20.1. The van der Waals surface area contributed by atoms with Gasteiger partial charge in [-0.3, -0.25) is 38.6 Å². The molecule has 7 aliphatic heterocycles. The number of hydrogen-bond donors (Lipinski definition) is 15. The summed E-state index contributed by atoms with van der Waals surface area (Å²) in [6, 6.07) is 13.9. The van der Waals surface area contributed by atoms with Gasteiger partial charge in [-0.05, 0) is 151 Å². The SMILES string of the molecule is CC(C)(C)OC(=O)N[C@H]1C(=O)N[C@H]2Cc3ccc(c(Cl)c3)Oc3cc4cc(c3O)Oc3ccc(cc3Cl)C(O)[C@@H]3NC(=O)[C@@H](NC(=O)[C@H]4NC(=O)[C@@H](NC2=O)c2cc(O)cc(c2)Oc2cc1ccc2O)c1ccc(O)c(c1)-c1c(cc(O)c(CN2CCN(Cc4ccc(Cl)cc4)CC2)c1O)[C@@H](C(=O)O)NC3=O. The Kier molecular flexibility index (Phi) is 20.4. The predicted molar refractivity (Wildman–Crippen MR) is 382 cm³/mol. The van der Waals surface area contributed by atoms with Crippen LogP contribution in [0.4, 0.5) is 4.79 Å². The van der Waals surface area contributed by atoms with Crippen molar-refractivity contribution in [3.8, 4) is 80.1 Å². The second kappa shape index (κ2) is 29.7. The standard InChI is InChI=1S/C75H68Cl3N9O20/c1-75(2,3)107-74(103)85-59-36-8-13-50(90)54(26-36)104-42-23-38(22-41(88)29-42)60-70(98)82-61-39-27-55(105-52-14-6-34(20-46(52)77)21-48(67(95)80-60)79-68(59)96)66(94)56(28-39)106-53-15-9-37(25-47(53)78)64(92)63-72(100)83-62(73(101)102)44-30-51(91)45(32-87-18-16-86(17-19-87)31-33-4-10-40(76)11-5-33)65(93)57(44)43-24-35(7-12-49(43)89)58(69(97)84-63)81-71(61)99/h4-15,20,22-30,48,58-64,88-94H,16-19,21,31-32H2,1-3H3,(H,79,96)(H,80,95)(H,81,99)(H,82,98)(H,83,100)(H,84,97)(H,85,103)(H,101,102)/t48-,58-,59+,60-,61-,62-,63-,64?/m0/s1. The minimum Gasteiger partial charge on any atom is -0.508 e. The number of carboxylic acid groups (broad SMARTS) is 1. The first-order valence-electron chi connectivity index (χ1n) is 33.4. The zero-order chi connectivity index (χ0) is 76.2. The highest BCUT2D eigenvalue weighted by Gasteiger charge is 2.43. The Morgan fingerprint density at radius 3 is 1.76 bits per heavy atom. The Labute approximate surface area is 623 Å². The first-order valence-corrected chi connectivity index (χ1v) is 34.5. The van der Waals surface area contributed by atoms with Crippen LogP contribution in [0.1, 0.15) is 107 Å². The van der Waals surface area contributed by atoms with Gasteiger partial charge in [-0.2, -0.15) is 0 Å². The molecule has 0 radical (unpaired) electrons. The van der Waals surface area contributed by atoms with Crippen LogP contribution in [0.15, 0.2) is 133 Å². The number of halogens is 3. The van der Waals surface area contributed by atoms with Crippen LogP contribution in [0, 0.1) is 0 Å². The topological polar surface area (TPSA) is 426 Å². The molecule has 8 aromatic rings. The molecule has 29 nitrogen and oxygen atoms in total. The van der Waals surface area contributed by atoms with E-state index in [4.69, 9.17) is 53.8 Å². The Hall–Kier alpha value is -11.7. The maximum Gasteiger partial charge on any atom is 0.408 e. The molecule has 8 atom stereocenters. The average Bonchev–Trinajstić information content (AvgIpc) is 0.754. The molecular weight excluding hydrogens is 1450 g/mol. The minimum atomic E-state index is -2.25. The molecule has 0 saturated carbocycles. The monoisotopic (exact) mass is 1520 g/mol. The zero-order valence-corrected chi connectivity index (χ0v) is 59.0. The summed E-state index contributed by atoms with van der Waals surface area (Å²) in [7, 11) is 0. The molecule has 17 bridgehead atoms. The van der Waals surface area contributed by atoms with Gasteiger partial charge in [0.2, 0.25) is 41.2 Å². The predicted octanol–water partition coefficient (Wildman–Crippen LogP) is 8.52. The molecule has 0 aromatic heterocycles. The molecule has 15 N–H and O–H groups in total. The van der Waals surface area contributed by atoms with Gasteiger partial charge in [-0.1, -0.05) is 71.2 Å². The van der Waals surface area contributed by atoms with E-state index in [0.29, 0.717) is 37.7 Å². The van der Waals surface area contributed by atoms with Crippen LogP contribution in [0.3, 0.4) is 0 Å². The summed E-state index contributed by atoms with van der Waals surface area (Å²) in [6.07, 6.45) is -3.71. The molecule has 0 spiro atoms. The number of amides is 7. The lowest BCUT2D eigenvalue weighted by Crippen LogP contribution is -2.55. The number of ether oxygens (including phenoxy) is 4. The Morgan fingerprint density at radius 1 is 0.533 bits per heavy atom. The number of phenolic OH excluding ortho intramolecular Hbond substituents is 6. The van der Waals surface area contributed by atoms with Gasteiger partial charge in [-0.15, -0.1) is 0 Å². The van der Waals surface area contributed by atoms with Gasteiger partial charge >= 0.3 is 12.1 Å². The van der Waals surface area contributed by atoms with Crippen LogP contribution in [-0.4, -0.2) is 142 Å².